The topological polar surface area (TPSA) is 54.9 Å². The van der Waals surface area contributed by atoms with E-state index >= 15 is 0 Å². The molecule has 1 saturated heterocycles. The van der Waals surface area contributed by atoms with Crippen molar-refractivity contribution in [2.45, 2.75) is 39.5 Å². The summed E-state index contributed by atoms with van der Waals surface area (Å²) in [6.07, 6.45) is -4.36. The van der Waals surface area contributed by atoms with Gasteiger partial charge in [-0.25, -0.2) is 9.78 Å². The Morgan fingerprint density at radius 2 is 2.00 bits per heavy atom. The van der Waals surface area contributed by atoms with Crippen molar-refractivity contribution < 1.29 is 27.4 Å². The van der Waals surface area contributed by atoms with Gasteiger partial charge in [-0.2, -0.15) is 13.2 Å². The predicted octanol–water partition coefficient (Wildman–Crippen LogP) is 5.28. The summed E-state index contributed by atoms with van der Waals surface area (Å²) in [5.41, 5.74) is 2.06. The number of carbonyl (C=O) groups excluding carboxylic acids is 1. The molecule has 3 aromatic rings. The van der Waals surface area contributed by atoms with Gasteiger partial charge in [0, 0.05) is 32.2 Å². The van der Waals surface area contributed by atoms with Gasteiger partial charge in [0.15, 0.2) is 11.7 Å². The fourth-order valence-electron chi connectivity index (χ4n) is 4.21. The minimum Gasteiger partial charge on any atom is -0.482 e. The zero-order chi connectivity index (χ0) is 25.2. The van der Waals surface area contributed by atoms with E-state index in [0.717, 1.165) is 48.5 Å². The molecule has 6 nitrogen and oxygen atoms in total. The Labute approximate surface area is 206 Å². The number of halogens is 3. The number of aryl methyl sites for hydroxylation is 1. The smallest absolute Gasteiger partial charge is 0.416 e. The average Bonchev–Trinajstić information content (AvgIpc) is 3.22. The van der Waals surface area contributed by atoms with Crippen LogP contribution in [0.5, 0.6) is 5.75 Å². The van der Waals surface area contributed by atoms with Gasteiger partial charge in [-0.05, 0) is 62.2 Å². The summed E-state index contributed by atoms with van der Waals surface area (Å²) in [6.45, 7) is 9.03. The number of alkyl halides is 3. The summed E-state index contributed by atoms with van der Waals surface area (Å²) in [4.78, 5) is 20.7. The number of carbonyl (C=O) groups is 1. The molecule has 1 unspecified atom stereocenters. The second-order valence-corrected chi connectivity index (χ2v) is 9.70. The number of benzene rings is 2. The van der Waals surface area contributed by atoms with Crippen molar-refractivity contribution >= 4 is 32.7 Å². The summed E-state index contributed by atoms with van der Waals surface area (Å²) in [6, 6.07) is 9.85. The van der Waals surface area contributed by atoms with Crippen LogP contribution >= 0.6 is 11.3 Å². The standard InChI is InChI=1S/C25H28F3N3O3S/c1-4-33-23(32)15-34-20-10-16(2)9-18(11-20)14-30-7-8-31(13-17(30)3)24-29-21-6-5-19(25(26,27)28)12-22(21)35-24/h5-6,9-12,17H,4,7-8,13-15H2,1-3H3. The number of esters is 1. The Bertz CT molecular complexity index is 1200. The third-order valence-corrected chi connectivity index (χ3v) is 6.98. The SMILES string of the molecule is CCOC(=O)COc1cc(C)cc(CN2CCN(c3nc4ccc(C(F)(F)F)cc4s3)CC2C)c1. The molecule has 4 rings (SSSR count). The molecule has 0 saturated carbocycles. The van der Waals surface area contributed by atoms with Gasteiger partial charge in [0.25, 0.3) is 0 Å². The van der Waals surface area contributed by atoms with E-state index in [0.29, 0.717) is 22.6 Å². The highest BCUT2D eigenvalue weighted by atomic mass is 32.1. The van der Waals surface area contributed by atoms with Gasteiger partial charge in [-0.3, -0.25) is 4.90 Å². The van der Waals surface area contributed by atoms with Crippen LogP contribution in [0.15, 0.2) is 36.4 Å². The average molecular weight is 508 g/mol. The van der Waals surface area contributed by atoms with Crippen LogP contribution < -0.4 is 9.64 Å². The van der Waals surface area contributed by atoms with E-state index in [1.807, 2.05) is 19.1 Å². The number of rotatable bonds is 7. The third kappa shape index (κ3) is 6.24. The number of hydrogen-bond donors (Lipinski definition) is 0. The van der Waals surface area contributed by atoms with Crippen molar-refractivity contribution in [1.82, 2.24) is 9.88 Å². The molecule has 1 fully saturated rings. The molecule has 0 aliphatic carbocycles. The first-order chi connectivity index (χ1) is 16.6. The lowest BCUT2D eigenvalue weighted by Crippen LogP contribution is -2.51. The molecular weight excluding hydrogens is 479 g/mol. The number of ether oxygens (including phenoxy) is 2. The highest BCUT2D eigenvalue weighted by Crippen LogP contribution is 2.36. The lowest BCUT2D eigenvalue weighted by molar-refractivity contribution is -0.145. The highest BCUT2D eigenvalue weighted by molar-refractivity contribution is 7.22. The molecule has 2 heterocycles. The first kappa shape index (κ1) is 25.2. The maximum Gasteiger partial charge on any atom is 0.416 e. The predicted molar refractivity (Wildman–Crippen MR) is 130 cm³/mol. The molecule has 10 heteroatoms. The van der Waals surface area contributed by atoms with Crippen molar-refractivity contribution in [3.63, 3.8) is 0 Å². The minimum atomic E-state index is -4.36. The molecule has 0 spiro atoms. The fourth-order valence-corrected chi connectivity index (χ4v) is 5.25. The van der Waals surface area contributed by atoms with Gasteiger partial charge in [0.2, 0.25) is 0 Å². The normalized spacial score (nSPS) is 17.1. The minimum absolute atomic E-state index is 0.127. The number of aromatic nitrogens is 1. The molecule has 2 aromatic carbocycles. The zero-order valence-corrected chi connectivity index (χ0v) is 20.7. The molecule has 35 heavy (non-hydrogen) atoms. The van der Waals surface area contributed by atoms with Gasteiger partial charge in [0.05, 0.1) is 22.4 Å². The Morgan fingerprint density at radius 3 is 2.71 bits per heavy atom. The number of fused-ring (bicyclic) bond motifs is 1. The number of anilines is 1. The largest absolute Gasteiger partial charge is 0.482 e. The Hall–Kier alpha value is -2.85. The highest BCUT2D eigenvalue weighted by Gasteiger charge is 2.31. The van der Waals surface area contributed by atoms with Crippen LogP contribution in [0.4, 0.5) is 18.3 Å². The second-order valence-electron chi connectivity index (χ2n) is 8.69. The van der Waals surface area contributed by atoms with Crippen LogP contribution in [0, 0.1) is 6.92 Å². The van der Waals surface area contributed by atoms with E-state index in [1.165, 1.54) is 23.5 Å². The Morgan fingerprint density at radius 1 is 1.20 bits per heavy atom. The van der Waals surface area contributed by atoms with Crippen molar-refractivity contribution in [1.29, 1.82) is 0 Å². The lowest BCUT2D eigenvalue weighted by atomic mass is 10.1. The fraction of sp³-hybridized carbons (Fsp3) is 0.440. The van der Waals surface area contributed by atoms with Crippen LogP contribution in [0.3, 0.4) is 0 Å². The molecule has 0 bridgehead atoms. The first-order valence-electron chi connectivity index (χ1n) is 11.5. The number of nitrogens with zero attached hydrogens (tertiary/aromatic N) is 3. The summed E-state index contributed by atoms with van der Waals surface area (Å²) >= 11 is 1.30. The molecule has 0 N–H and O–H groups in total. The van der Waals surface area contributed by atoms with Crippen LogP contribution in [-0.4, -0.2) is 54.7 Å². The van der Waals surface area contributed by atoms with Gasteiger partial charge in [0.1, 0.15) is 5.75 Å². The molecule has 0 amide bonds. The number of hydrogen-bond acceptors (Lipinski definition) is 7. The first-order valence-corrected chi connectivity index (χ1v) is 12.3. The van der Waals surface area contributed by atoms with Gasteiger partial charge < -0.3 is 14.4 Å². The van der Waals surface area contributed by atoms with E-state index in [-0.39, 0.29) is 12.6 Å². The molecule has 188 valence electrons. The molecule has 0 radical (unpaired) electrons. The monoisotopic (exact) mass is 507 g/mol. The summed E-state index contributed by atoms with van der Waals surface area (Å²) in [5, 5.41) is 0.746. The van der Waals surface area contributed by atoms with Gasteiger partial charge >= 0.3 is 12.1 Å². The van der Waals surface area contributed by atoms with Crippen molar-refractivity contribution in [2.75, 3.05) is 37.7 Å². The van der Waals surface area contributed by atoms with Crippen molar-refractivity contribution in [3.8, 4) is 5.75 Å². The van der Waals surface area contributed by atoms with Crippen LogP contribution in [0.2, 0.25) is 0 Å². The Kier molecular flexibility index (Phi) is 7.51. The summed E-state index contributed by atoms with van der Waals surface area (Å²) in [7, 11) is 0. The summed E-state index contributed by atoms with van der Waals surface area (Å²) in [5.74, 6) is 0.233. The second kappa shape index (κ2) is 10.4. The molecule has 1 aromatic heterocycles. The van der Waals surface area contributed by atoms with Crippen molar-refractivity contribution in [3.05, 3.63) is 53.1 Å². The molecule has 1 aliphatic rings. The van der Waals surface area contributed by atoms with Gasteiger partial charge in [-0.15, -0.1) is 0 Å². The Balaban J connectivity index is 1.40. The van der Waals surface area contributed by atoms with E-state index in [9.17, 15) is 18.0 Å². The summed E-state index contributed by atoms with van der Waals surface area (Å²) < 4.78 is 50.2. The van der Waals surface area contributed by atoms with Gasteiger partial charge in [-0.1, -0.05) is 17.4 Å². The van der Waals surface area contributed by atoms with Crippen LogP contribution in [0.25, 0.3) is 10.2 Å². The van der Waals surface area contributed by atoms with E-state index in [4.69, 9.17) is 9.47 Å². The third-order valence-electron chi connectivity index (χ3n) is 5.90. The van der Waals surface area contributed by atoms with E-state index in [1.54, 1.807) is 6.92 Å². The maximum atomic E-state index is 13.0. The van der Waals surface area contributed by atoms with E-state index in [2.05, 4.69) is 27.8 Å². The van der Waals surface area contributed by atoms with Crippen molar-refractivity contribution in [2.24, 2.45) is 0 Å². The molecular formula is C25H28F3N3O3S. The van der Waals surface area contributed by atoms with Crippen LogP contribution in [-0.2, 0) is 22.3 Å². The maximum absolute atomic E-state index is 13.0. The molecule has 1 aliphatic heterocycles. The molecule has 1 atom stereocenters. The quantitative estimate of drug-likeness (QED) is 0.406. The zero-order valence-electron chi connectivity index (χ0n) is 19.9. The lowest BCUT2D eigenvalue weighted by Gasteiger charge is -2.39. The number of piperazine rings is 1. The van der Waals surface area contributed by atoms with E-state index < -0.39 is 17.7 Å². The van der Waals surface area contributed by atoms with Crippen LogP contribution in [0.1, 0.15) is 30.5 Å². The number of thiazole rings is 1.